The number of aliphatic carboxylic acids is 2. The van der Waals surface area contributed by atoms with Gasteiger partial charge in [0.05, 0.1) is 0 Å². The molecule has 2 radical (unpaired) electrons. The van der Waals surface area contributed by atoms with Crippen molar-refractivity contribution >= 4 is 34.4 Å². The third-order valence-electron chi connectivity index (χ3n) is 0.349. The maximum absolute atomic E-state index is 9.25. The van der Waals surface area contributed by atoms with E-state index >= 15 is 0 Å². The van der Waals surface area contributed by atoms with Crippen molar-refractivity contribution in [1.29, 1.82) is 0 Å². The van der Waals surface area contributed by atoms with Crippen LogP contribution in [0, 0.1) is 0 Å². The van der Waals surface area contributed by atoms with Crippen molar-refractivity contribution < 1.29 is 22.9 Å². The number of carboxylic acid groups (broad SMARTS) is 2. The fraction of sp³-hybridized carbons (Fsp3) is 0. The molecule has 0 heterocycles. The van der Waals surface area contributed by atoms with Gasteiger partial charge in [-0.25, -0.2) is 9.59 Å². The third-order valence-corrected chi connectivity index (χ3v) is 0.349. The van der Waals surface area contributed by atoms with E-state index in [4.69, 9.17) is 13.3 Å². The van der Waals surface area contributed by atoms with Gasteiger partial charge < -0.3 is 10.2 Å². The Kier molecular flexibility index (Phi) is 23.7. The zero-order valence-corrected chi connectivity index (χ0v) is 9.04. The van der Waals surface area contributed by atoms with Crippen LogP contribution in [0.4, 0.5) is 0 Å². The first-order valence-electron chi connectivity index (χ1n) is 2.45. The van der Waals surface area contributed by atoms with E-state index in [-0.39, 0.29) is 0 Å². The first kappa shape index (κ1) is 17.2. The van der Waals surface area contributed by atoms with E-state index in [1.165, 1.54) is 0 Å². The molecule has 0 amide bonds. The van der Waals surface area contributed by atoms with Gasteiger partial charge in [0, 0.05) is 12.2 Å². The molecular formula is C6H8O5Sn. The predicted octanol–water partition coefficient (Wildman–Crippen LogP) is 0.0144. The van der Waals surface area contributed by atoms with E-state index in [0.717, 1.165) is 12.2 Å². The molecule has 66 valence electrons. The second-order valence-electron chi connectivity index (χ2n) is 1.08. The third kappa shape index (κ3) is 63.6. The second kappa shape index (κ2) is 16.5. The molecule has 5 nitrogen and oxygen atoms in total. The zero-order chi connectivity index (χ0) is 10.6. The summed E-state index contributed by atoms with van der Waals surface area (Å²) in [5, 5.41) is 15.2. The Labute approximate surface area is 82.9 Å². The van der Waals surface area contributed by atoms with Crippen molar-refractivity contribution in [2.24, 2.45) is 0 Å². The second-order valence-corrected chi connectivity index (χ2v) is 1.08. The number of carboxylic acids is 2. The molecule has 0 bridgehead atoms. The van der Waals surface area contributed by atoms with Crippen LogP contribution in [0.2, 0.25) is 0 Å². The molecule has 6 heteroatoms. The number of carbonyl (C=O) groups is 2. The summed E-state index contributed by atoms with van der Waals surface area (Å²) in [5.74, 6) is -1.96. The fourth-order valence-corrected chi connectivity index (χ4v) is 0. The summed E-state index contributed by atoms with van der Waals surface area (Å²) in [5.41, 5.74) is 0. The minimum atomic E-state index is -0.981. The molecule has 0 aromatic heterocycles. The van der Waals surface area contributed by atoms with Gasteiger partial charge >= 0.3 is 37.5 Å². The Morgan fingerprint density at radius 1 is 1.00 bits per heavy atom. The predicted molar refractivity (Wildman–Crippen MR) is 42.1 cm³/mol. The van der Waals surface area contributed by atoms with Crippen molar-refractivity contribution in [1.82, 2.24) is 0 Å². The van der Waals surface area contributed by atoms with Gasteiger partial charge in [-0.1, -0.05) is 13.2 Å². The van der Waals surface area contributed by atoms with Crippen LogP contribution >= 0.6 is 0 Å². The average molecular weight is 279 g/mol. The Morgan fingerprint density at radius 2 is 1.08 bits per heavy atom. The van der Waals surface area contributed by atoms with Crippen LogP contribution in [-0.4, -0.2) is 44.7 Å². The molecule has 0 rings (SSSR count). The van der Waals surface area contributed by atoms with E-state index in [1.54, 1.807) is 0 Å². The molecule has 0 saturated carbocycles. The molecule has 0 atom stereocenters. The summed E-state index contributed by atoms with van der Waals surface area (Å²) in [6.07, 6.45) is 1.67. The molecule has 0 saturated heterocycles. The van der Waals surface area contributed by atoms with Crippen molar-refractivity contribution in [3.63, 3.8) is 0 Å². The normalized spacial score (nSPS) is 5.67. The van der Waals surface area contributed by atoms with E-state index in [0.29, 0.717) is 22.5 Å². The van der Waals surface area contributed by atoms with E-state index in [1.807, 2.05) is 0 Å². The molecule has 0 aliphatic rings. The minimum absolute atomic E-state index is 0.300. The van der Waals surface area contributed by atoms with Crippen LogP contribution in [0.15, 0.2) is 25.3 Å². The Balaban J connectivity index is -0.000000112. The molecule has 0 aliphatic heterocycles. The van der Waals surface area contributed by atoms with Gasteiger partial charge in [-0.3, -0.25) is 0 Å². The van der Waals surface area contributed by atoms with Gasteiger partial charge in [0.25, 0.3) is 0 Å². The standard InChI is InChI=1S/2C3H4O2.O.Sn/c2*1-2-3(4)5;;/h2*2H,1H2,(H,4,5);;. The van der Waals surface area contributed by atoms with Crippen LogP contribution in [0.5, 0.6) is 0 Å². The van der Waals surface area contributed by atoms with Crippen molar-refractivity contribution in [3.05, 3.63) is 25.3 Å². The van der Waals surface area contributed by atoms with Gasteiger partial charge in [-0.15, -0.1) is 0 Å². The van der Waals surface area contributed by atoms with Crippen molar-refractivity contribution in [2.45, 2.75) is 0 Å². The van der Waals surface area contributed by atoms with Gasteiger partial charge in [-0.2, -0.15) is 0 Å². The zero-order valence-electron chi connectivity index (χ0n) is 6.19. The molecule has 0 aliphatic carbocycles. The number of hydrogen-bond acceptors (Lipinski definition) is 3. The summed E-state index contributed by atoms with van der Waals surface area (Å²) in [6, 6.07) is 0. The summed E-state index contributed by atoms with van der Waals surface area (Å²) >= 11 is 0.300. The van der Waals surface area contributed by atoms with Gasteiger partial charge in [0.1, 0.15) is 0 Å². The van der Waals surface area contributed by atoms with Crippen LogP contribution in [0.3, 0.4) is 0 Å². The summed E-state index contributed by atoms with van der Waals surface area (Å²) in [7, 11) is 0. The quantitative estimate of drug-likeness (QED) is 0.549. The van der Waals surface area contributed by atoms with Crippen LogP contribution in [0.25, 0.3) is 0 Å². The van der Waals surface area contributed by atoms with E-state index < -0.39 is 11.9 Å². The monoisotopic (exact) mass is 280 g/mol. The van der Waals surface area contributed by atoms with Gasteiger partial charge in [0.2, 0.25) is 0 Å². The molecule has 0 fully saturated rings. The SMILES string of the molecule is C=CC(=O)O.C=CC(=O)O.[O]=[Sn]. The molecule has 0 spiro atoms. The molecule has 0 unspecified atom stereocenters. The first-order chi connectivity index (χ1) is 5.54. The average Bonchev–Trinajstić information content (AvgIpc) is 2.09. The van der Waals surface area contributed by atoms with E-state index in [2.05, 4.69) is 13.2 Å². The van der Waals surface area contributed by atoms with Crippen molar-refractivity contribution in [3.8, 4) is 0 Å². The fourth-order valence-electron chi connectivity index (χ4n) is 0. The first-order valence-corrected chi connectivity index (χ1v) is 3.62. The molecular weight excluding hydrogens is 271 g/mol. The summed E-state index contributed by atoms with van der Waals surface area (Å²) in [4.78, 5) is 18.5. The molecule has 0 aromatic rings. The Morgan fingerprint density at radius 3 is 1.08 bits per heavy atom. The molecule has 0 aromatic carbocycles. The number of hydrogen-bond donors (Lipinski definition) is 2. The van der Waals surface area contributed by atoms with Crippen LogP contribution in [0.1, 0.15) is 0 Å². The van der Waals surface area contributed by atoms with Gasteiger partial charge in [0.15, 0.2) is 0 Å². The molecule has 2 N–H and O–H groups in total. The van der Waals surface area contributed by atoms with Crippen LogP contribution in [-0.2, 0) is 12.7 Å². The Bertz CT molecular complexity index is 147. The summed E-state index contributed by atoms with van der Waals surface area (Å²) in [6.45, 7) is 5.92. The van der Waals surface area contributed by atoms with Crippen LogP contribution < -0.4 is 0 Å². The summed E-state index contributed by atoms with van der Waals surface area (Å²) < 4.78 is 8.34. The maximum atomic E-state index is 9.25. The topological polar surface area (TPSA) is 91.7 Å². The Hall–Kier alpha value is -0.981. The van der Waals surface area contributed by atoms with Gasteiger partial charge in [-0.05, 0) is 0 Å². The molecule has 12 heavy (non-hydrogen) atoms. The number of rotatable bonds is 2. The van der Waals surface area contributed by atoms with Crippen molar-refractivity contribution in [2.75, 3.05) is 0 Å². The van der Waals surface area contributed by atoms with E-state index in [9.17, 15) is 9.59 Å².